The summed E-state index contributed by atoms with van der Waals surface area (Å²) in [5.41, 5.74) is 4.04. The van der Waals surface area contributed by atoms with E-state index in [-0.39, 0.29) is 5.91 Å². The SMILES string of the molecule is Cc1ccc2onc(CC(=O)N3CCC(Cc4ccccc4)CC3)c2c1. The highest BCUT2D eigenvalue weighted by Crippen LogP contribution is 2.24. The summed E-state index contributed by atoms with van der Waals surface area (Å²) < 4.78 is 5.35. The lowest BCUT2D eigenvalue weighted by Crippen LogP contribution is -2.39. The van der Waals surface area contributed by atoms with E-state index in [0.717, 1.165) is 54.6 Å². The summed E-state index contributed by atoms with van der Waals surface area (Å²) >= 11 is 0. The van der Waals surface area contributed by atoms with Crippen LogP contribution in [0.15, 0.2) is 53.1 Å². The predicted molar refractivity (Wildman–Crippen MR) is 102 cm³/mol. The smallest absolute Gasteiger partial charge is 0.228 e. The van der Waals surface area contributed by atoms with Gasteiger partial charge in [-0.15, -0.1) is 0 Å². The van der Waals surface area contributed by atoms with Crippen LogP contribution in [0.3, 0.4) is 0 Å². The molecule has 1 amide bonds. The van der Waals surface area contributed by atoms with Crippen molar-refractivity contribution in [3.05, 3.63) is 65.4 Å². The van der Waals surface area contributed by atoms with Gasteiger partial charge in [0, 0.05) is 18.5 Å². The van der Waals surface area contributed by atoms with Gasteiger partial charge in [0.25, 0.3) is 0 Å². The molecular formula is C22H24N2O2. The molecule has 4 nitrogen and oxygen atoms in total. The summed E-state index contributed by atoms with van der Waals surface area (Å²) in [4.78, 5) is 14.7. The fraction of sp³-hybridized carbons (Fsp3) is 0.364. The number of fused-ring (bicyclic) bond motifs is 1. The van der Waals surface area contributed by atoms with Gasteiger partial charge in [-0.2, -0.15) is 0 Å². The standard InChI is InChI=1S/C22H24N2O2/c1-16-7-8-21-19(13-16)20(23-26-21)15-22(25)24-11-9-18(10-12-24)14-17-5-3-2-4-6-17/h2-8,13,18H,9-12,14-15H2,1H3. The van der Waals surface area contributed by atoms with E-state index in [1.54, 1.807) is 0 Å². The van der Waals surface area contributed by atoms with Crippen molar-refractivity contribution in [1.82, 2.24) is 10.1 Å². The maximum atomic E-state index is 12.7. The molecule has 1 saturated heterocycles. The third-order valence-electron chi connectivity index (χ3n) is 5.35. The molecule has 2 heterocycles. The molecular weight excluding hydrogens is 324 g/mol. The first-order valence-corrected chi connectivity index (χ1v) is 9.35. The zero-order valence-electron chi connectivity index (χ0n) is 15.1. The number of likely N-dealkylation sites (tertiary alicyclic amines) is 1. The van der Waals surface area contributed by atoms with Crippen LogP contribution in [0.4, 0.5) is 0 Å². The Bertz CT molecular complexity index is 893. The largest absolute Gasteiger partial charge is 0.356 e. The minimum absolute atomic E-state index is 0.153. The second kappa shape index (κ2) is 7.32. The van der Waals surface area contributed by atoms with Crippen LogP contribution in [0, 0.1) is 12.8 Å². The van der Waals surface area contributed by atoms with Crippen molar-refractivity contribution in [3.63, 3.8) is 0 Å². The molecule has 0 unspecified atom stereocenters. The summed E-state index contributed by atoms with van der Waals surface area (Å²) in [6, 6.07) is 16.6. The van der Waals surface area contributed by atoms with Crippen LogP contribution in [-0.2, 0) is 17.6 Å². The Labute approximate surface area is 153 Å². The van der Waals surface area contributed by atoms with Crippen molar-refractivity contribution in [2.75, 3.05) is 13.1 Å². The van der Waals surface area contributed by atoms with Crippen LogP contribution in [0.2, 0.25) is 0 Å². The Morgan fingerprint density at radius 2 is 1.92 bits per heavy atom. The third kappa shape index (κ3) is 3.64. The number of piperidine rings is 1. The number of amides is 1. The molecule has 0 saturated carbocycles. The lowest BCUT2D eigenvalue weighted by atomic mass is 9.90. The van der Waals surface area contributed by atoms with Crippen LogP contribution in [0.25, 0.3) is 11.0 Å². The van der Waals surface area contributed by atoms with Crippen molar-refractivity contribution < 1.29 is 9.32 Å². The highest BCUT2D eigenvalue weighted by molar-refractivity contribution is 5.86. The molecule has 0 atom stereocenters. The predicted octanol–water partition coefficient (Wildman–Crippen LogP) is 4.16. The highest BCUT2D eigenvalue weighted by Gasteiger charge is 2.24. The highest BCUT2D eigenvalue weighted by atomic mass is 16.5. The number of aryl methyl sites for hydroxylation is 1. The average Bonchev–Trinajstić information content (AvgIpc) is 3.05. The van der Waals surface area contributed by atoms with E-state index in [1.165, 1.54) is 5.56 Å². The first kappa shape index (κ1) is 16.8. The molecule has 1 aromatic heterocycles. The quantitative estimate of drug-likeness (QED) is 0.711. The van der Waals surface area contributed by atoms with Gasteiger partial charge in [-0.3, -0.25) is 4.79 Å². The van der Waals surface area contributed by atoms with Crippen molar-refractivity contribution in [3.8, 4) is 0 Å². The van der Waals surface area contributed by atoms with Crippen molar-refractivity contribution >= 4 is 16.9 Å². The molecule has 2 aromatic carbocycles. The van der Waals surface area contributed by atoms with E-state index >= 15 is 0 Å². The second-order valence-corrected chi connectivity index (χ2v) is 7.32. The van der Waals surface area contributed by atoms with Crippen LogP contribution in [0.1, 0.15) is 29.7 Å². The number of carbonyl (C=O) groups excluding carboxylic acids is 1. The number of benzene rings is 2. The van der Waals surface area contributed by atoms with Crippen LogP contribution in [0.5, 0.6) is 0 Å². The molecule has 26 heavy (non-hydrogen) atoms. The number of aromatic nitrogens is 1. The van der Waals surface area contributed by atoms with Gasteiger partial charge in [-0.05, 0) is 49.8 Å². The molecule has 4 heteroatoms. The van der Waals surface area contributed by atoms with Gasteiger partial charge < -0.3 is 9.42 Å². The normalized spacial score (nSPS) is 15.5. The first-order valence-electron chi connectivity index (χ1n) is 9.35. The molecule has 3 aromatic rings. The van der Waals surface area contributed by atoms with E-state index in [9.17, 15) is 4.79 Å². The molecule has 134 valence electrons. The topological polar surface area (TPSA) is 46.3 Å². The number of hydrogen-bond donors (Lipinski definition) is 0. The molecule has 1 aliphatic rings. The molecule has 1 fully saturated rings. The van der Waals surface area contributed by atoms with Gasteiger partial charge in [0.1, 0.15) is 5.69 Å². The summed E-state index contributed by atoms with van der Waals surface area (Å²) in [7, 11) is 0. The molecule has 0 aliphatic carbocycles. The molecule has 0 N–H and O–H groups in total. The maximum absolute atomic E-state index is 12.7. The van der Waals surface area contributed by atoms with Crippen molar-refractivity contribution in [2.24, 2.45) is 5.92 Å². The van der Waals surface area contributed by atoms with E-state index < -0.39 is 0 Å². The van der Waals surface area contributed by atoms with Crippen molar-refractivity contribution in [1.29, 1.82) is 0 Å². The zero-order valence-corrected chi connectivity index (χ0v) is 15.1. The molecule has 1 aliphatic heterocycles. The molecule has 0 radical (unpaired) electrons. The Kier molecular flexibility index (Phi) is 4.74. The fourth-order valence-corrected chi connectivity index (χ4v) is 3.82. The minimum atomic E-state index is 0.153. The monoisotopic (exact) mass is 348 g/mol. The minimum Gasteiger partial charge on any atom is -0.356 e. The second-order valence-electron chi connectivity index (χ2n) is 7.32. The Morgan fingerprint density at radius 3 is 2.69 bits per heavy atom. The van der Waals surface area contributed by atoms with Gasteiger partial charge in [0.15, 0.2) is 5.58 Å². The lowest BCUT2D eigenvalue weighted by molar-refractivity contribution is -0.131. The summed E-state index contributed by atoms with van der Waals surface area (Å²) in [5.74, 6) is 0.817. The first-order chi connectivity index (χ1) is 12.7. The van der Waals surface area contributed by atoms with Crippen LogP contribution in [-0.4, -0.2) is 29.1 Å². The van der Waals surface area contributed by atoms with Crippen LogP contribution < -0.4 is 0 Å². The summed E-state index contributed by atoms with van der Waals surface area (Å²) in [6.07, 6.45) is 3.56. The Balaban J connectivity index is 1.35. The fourth-order valence-electron chi connectivity index (χ4n) is 3.82. The van der Waals surface area contributed by atoms with Gasteiger partial charge >= 0.3 is 0 Å². The van der Waals surface area contributed by atoms with Gasteiger partial charge in [0.05, 0.1) is 6.42 Å². The molecule has 0 bridgehead atoms. The van der Waals surface area contributed by atoms with Gasteiger partial charge in [0.2, 0.25) is 5.91 Å². The van der Waals surface area contributed by atoms with Gasteiger partial charge in [-0.1, -0.05) is 47.1 Å². The number of carbonyl (C=O) groups is 1. The van der Waals surface area contributed by atoms with E-state index in [0.29, 0.717) is 12.3 Å². The van der Waals surface area contributed by atoms with Crippen molar-refractivity contribution in [2.45, 2.75) is 32.6 Å². The van der Waals surface area contributed by atoms with E-state index in [2.05, 4.69) is 35.5 Å². The van der Waals surface area contributed by atoms with Gasteiger partial charge in [-0.25, -0.2) is 0 Å². The zero-order chi connectivity index (χ0) is 17.9. The third-order valence-corrected chi connectivity index (χ3v) is 5.35. The van der Waals surface area contributed by atoms with E-state index in [1.807, 2.05) is 30.0 Å². The maximum Gasteiger partial charge on any atom is 0.228 e. The van der Waals surface area contributed by atoms with E-state index in [4.69, 9.17) is 4.52 Å². The number of hydrogen-bond acceptors (Lipinski definition) is 3. The average molecular weight is 348 g/mol. The molecule has 0 spiro atoms. The lowest BCUT2D eigenvalue weighted by Gasteiger charge is -2.32. The number of rotatable bonds is 4. The Hall–Kier alpha value is -2.62. The molecule has 4 rings (SSSR count). The summed E-state index contributed by atoms with van der Waals surface area (Å²) in [6.45, 7) is 3.71. The number of nitrogens with zero attached hydrogens (tertiary/aromatic N) is 2. The Morgan fingerprint density at radius 1 is 1.15 bits per heavy atom. The van der Waals surface area contributed by atoms with Crippen LogP contribution >= 0.6 is 0 Å². The summed E-state index contributed by atoms with van der Waals surface area (Å²) in [5, 5.41) is 5.08.